The first kappa shape index (κ1) is 17.5. The molecule has 28 heavy (non-hydrogen) atoms. The Hall–Kier alpha value is -3.86. The number of halogens is 1. The van der Waals surface area contributed by atoms with E-state index in [1.54, 1.807) is 30.7 Å². The van der Waals surface area contributed by atoms with Gasteiger partial charge >= 0.3 is 0 Å². The Morgan fingerprint density at radius 2 is 2.04 bits per heavy atom. The van der Waals surface area contributed by atoms with E-state index in [1.165, 1.54) is 19.2 Å². The minimum atomic E-state index is -0.425. The monoisotopic (exact) mass is 374 g/mol. The number of hydrogen-bond acceptors (Lipinski definition) is 6. The highest BCUT2D eigenvalue weighted by Crippen LogP contribution is 2.35. The van der Waals surface area contributed by atoms with Crippen molar-refractivity contribution >= 4 is 11.2 Å². The van der Waals surface area contributed by atoms with Gasteiger partial charge in [0.25, 0.3) is 0 Å². The number of hydrogen-bond donors (Lipinski definition) is 0. The van der Waals surface area contributed by atoms with Crippen LogP contribution in [0.25, 0.3) is 33.4 Å². The maximum Gasteiger partial charge on any atom is 0.222 e. The summed E-state index contributed by atoms with van der Waals surface area (Å²) >= 11 is 0. The highest BCUT2D eigenvalue weighted by atomic mass is 19.1. The number of methoxy groups -OCH3 is 1. The van der Waals surface area contributed by atoms with Crippen molar-refractivity contribution in [2.45, 2.75) is 13.5 Å². The number of fused-ring (bicyclic) bond motifs is 1. The van der Waals surface area contributed by atoms with Crippen molar-refractivity contribution < 1.29 is 9.13 Å². The first-order valence-corrected chi connectivity index (χ1v) is 8.58. The van der Waals surface area contributed by atoms with E-state index in [0.717, 1.165) is 17.7 Å². The van der Waals surface area contributed by atoms with Crippen LogP contribution in [0.3, 0.4) is 0 Å². The molecular weight excluding hydrogens is 359 g/mol. The molecule has 0 spiro atoms. The van der Waals surface area contributed by atoms with Gasteiger partial charge in [-0.05, 0) is 36.8 Å². The molecule has 4 rings (SSSR count). The molecule has 3 aromatic heterocycles. The van der Waals surface area contributed by atoms with Crippen LogP contribution in [0.1, 0.15) is 12.6 Å². The van der Waals surface area contributed by atoms with E-state index in [1.807, 2.05) is 17.6 Å². The third-order valence-corrected chi connectivity index (χ3v) is 4.48. The minimum absolute atomic E-state index is 0.184. The van der Waals surface area contributed by atoms with E-state index in [0.29, 0.717) is 22.3 Å². The normalized spacial score (nSPS) is 10.8. The zero-order chi connectivity index (χ0) is 19.7. The Balaban J connectivity index is 1.90. The van der Waals surface area contributed by atoms with Crippen molar-refractivity contribution in [3.05, 3.63) is 54.4 Å². The maximum absolute atomic E-state index is 14.6. The van der Waals surface area contributed by atoms with Crippen LogP contribution < -0.4 is 4.74 Å². The first-order chi connectivity index (χ1) is 13.7. The largest absolute Gasteiger partial charge is 0.481 e. The molecule has 0 saturated heterocycles. The molecule has 0 saturated carbocycles. The molecule has 0 aliphatic heterocycles. The summed E-state index contributed by atoms with van der Waals surface area (Å²) in [5.41, 5.74) is 3.82. The zero-order valence-corrected chi connectivity index (χ0v) is 15.2. The average molecular weight is 374 g/mol. The van der Waals surface area contributed by atoms with Crippen LogP contribution in [0.2, 0.25) is 0 Å². The van der Waals surface area contributed by atoms with Gasteiger partial charge in [-0.15, -0.1) is 5.10 Å². The first-order valence-electron chi connectivity index (χ1n) is 8.58. The lowest BCUT2D eigenvalue weighted by Gasteiger charge is -2.11. The molecule has 0 amide bonds. The van der Waals surface area contributed by atoms with Crippen molar-refractivity contribution in [2.24, 2.45) is 0 Å². The summed E-state index contributed by atoms with van der Waals surface area (Å²) in [5.74, 6) is -0.241. The lowest BCUT2D eigenvalue weighted by Crippen LogP contribution is -1.97. The van der Waals surface area contributed by atoms with Gasteiger partial charge < -0.3 is 9.30 Å². The van der Waals surface area contributed by atoms with Crippen molar-refractivity contribution in [1.29, 1.82) is 5.26 Å². The van der Waals surface area contributed by atoms with Crippen molar-refractivity contribution in [2.75, 3.05) is 7.11 Å². The molecule has 7 nitrogen and oxygen atoms in total. The van der Waals surface area contributed by atoms with Crippen LogP contribution in [0.5, 0.6) is 5.88 Å². The molecule has 0 aliphatic rings. The summed E-state index contributed by atoms with van der Waals surface area (Å²) in [7, 11) is 1.43. The molecule has 0 bridgehead atoms. The fourth-order valence-electron chi connectivity index (χ4n) is 3.08. The van der Waals surface area contributed by atoms with Gasteiger partial charge in [0.15, 0.2) is 5.65 Å². The van der Waals surface area contributed by atoms with E-state index in [-0.39, 0.29) is 11.6 Å². The van der Waals surface area contributed by atoms with Crippen LogP contribution in [0, 0.1) is 17.1 Å². The maximum atomic E-state index is 14.6. The SMILES string of the molecule is CCn1cnc2c(-c3ccc(F)c(-c4ccc(C#N)nc4OC)c3)cnnc21. The second-order valence-corrected chi connectivity index (χ2v) is 6.02. The highest BCUT2D eigenvalue weighted by Gasteiger charge is 2.16. The summed E-state index contributed by atoms with van der Waals surface area (Å²) in [6.07, 6.45) is 3.32. The number of rotatable bonds is 4. The second-order valence-electron chi connectivity index (χ2n) is 6.02. The van der Waals surface area contributed by atoms with Crippen LogP contribution in [-0.4, -0.2) is 31.8 Å². The Morgan fingerprint density at radius 3 is 2.79 bits per heavy atom. The average Bonchev–Trinajstić information content (AvgIpc) is 3.17. The number of aromatic nitrogens is 5. The number of aryl methyl sites for hydroxylation is 1. The van der Waals surface area contributed by atoms with E-state index in [4.69, 9.17) is 10.00 Å². The molecule has 0 atom stereocenters. The Morgan fingerprint density at radius 1 is 1.18 bits per heavy atom. The van der Waals surface area contributed by atoms with Gasteiger partial charge in [0, 0.05) is 23.2 Å². The summed E-state index contributed by atoms with van der Waals surface area (Å²) in [6, 6.07) is 9.85. The molecule has 0 N–H and O–H groups in total. The van der Waals surface area contributed by atoms with Crippen LogP contribution >= 0.6 is 0 Å². The summed E-state index contributed by atoms with van der Waals surface area (Å²) in [4.78, 5) is 8.55. The molecule has 138 valence electrons. The molecule has 4 aromatic rings. The number of pyridine rings is 1. The Kier molecular flexibility index (Phi) is 4.41. The number of imidazole rings is 1. The van der Waals surface area contributed by atoms with E-state index >= 15 is 0 Å². The van der Waals surface area contributed by atoms with Gasteiger partial charge in [-0.3, -0.25) is 0 Å². The van der Waals surface area contributed by atoms with Gasteiger partial charge in [-0.2, -0.15) is 10.4 Å². The predicted molar refractivity (Wildman–Crippen MR) is 101 cm³/mol. The minimum Gasteiger partial charge on any atom is -0.481 e. The third kappa shape index (κ3) is 2.83. The zero-order valence-electron chi connectivity index (χ0n) is 15.2. The molecule has 0 fully saturated rings. The molecule has 8 heteroatoms. The molecule has 0 unspecified atom stereocenters. The summed E-state index contributed by atoms with van der Waals surface area (Å²) in [5, 5.41) is 17.3. The number of ether oxygens (including phenoxy) is 1. The standard InChI is InChI=1S/C20H15FN6O/c1-3-27-11-23-18-16(10-24-26-19(18)27)12-4-7-17(21)15(8-12)14-6-5-13(9-22)25-20(14)28-2/h4-8,10-11H,3H2,1-2H3. The van der Waals surface area contributed by atoms with E-state index < -0.39 is 5.82 Å². The molecule has 0 aliphatic carbocycles. The Bertz CT molecular complexity index is 1230. The van der Waals surface area contributed by atoms with Crippen LogP contribution in [0.15, 0.2) is 42.9 Å². The number of nitriles is 1. The number of nitrogens with zero attached hydrogens (tertiary/aromatic N) is 6. The molecule has 3 heterocycles. The molecule has 1 aromatic carbocycles. The van der Waals surface area contributed by atoms with E-state index in [9.17, 15) is 4.39 Å². The molecular formula is C20H15FN6O. The fourth-order valence-corrected chi connectivity index (χ4v) is 3.08. The lowest BCUT2D eigenvalue weighted by atomic mass is 9.99. The fraction of sp³-hybridized carbons (Fsp3) is 0.150. The Labute approximate surface area is 160 Å². The highest BCUT2D eigenvalue weighted by molar-refractivity contribution is 5.90. The van der Waals surface area contributed by atoms with Crippen LogP contribution in [0.4, 0.5) is 4.39 Å². The third-order valence-electron chi connectivity index (χ3n) is 4.48. The summed E-state index contributed by atoms with van der Waals surface area (Å²) < 4.78 is 21.8. The van der Waals surface area contributed by atoms with Gasteiger partial charge in [0.2, 0.25) is 5.88 Å². The van der Waals surface area contributed by atoms with Gasteiger partial charge in [0.05, 0.1) is 19.6 Å². The van der Waals surface area contributed by atoms with E-state index in [2.05, 4.69) is 20.2 Å². The van der Waals surface area contributed by atoms with Gasteiger partial charge in [0.1, 0.15) is 23.1 Å². The molecule has 0 radical (unpaired) electrons. The quantitative estimate of drug-likeness (QED) is 0.542. The van der Waals surface area contributed by atoms with Crippen molar-refractivity contribution in [3.63, 3.8) is 0 Å². The summed E-state index contributed by atoms with van der Waals surface area (Å²) in [6.45, 7) is 2.72. The lowest BCUT2D eigenvalue weighted by molar-refractivity contribution is 0.399. The number of benzene rings is 1. The van der Waals surface area contributed by atoms with Crippen LogP contribution in [-0.2, 0) is 6.54 Å². The predicted octanol–water partition coefficient (Wildman–Crippen LogP) is 3.59. The second kappa shape index (κ2) is 7.04. The van der Waals surface area contributed by atoms with Gasteiger partial charge in [-0.25, -0.2) is 14.4 Å². The van der Waals surface area contributed by atoms with Crippen molar-refractivity contribution in [1.82, 2.24) is 24.7 Å². The smallest absolute Gasteiger partial charge is 0.222 e. The van der Waals surface area contributed by atoms with Crippen molar-refractivity contribution in [3.8, 4) is 34.2 Å². The van der Waals surface area contributed by atoms with Gasteiger partial charge in [-0.1, -0.05) is 6.07 Å². The topological polar surface area (TPSA) is 89.5 Å².